The van der Waals surface area contributed by atoms with E-state index in [1.807, 2.05) is 13.8 Å². The largest absolute Gasteiger partial charge is 0.389 e. The van der Waals surface area contributed by atoms with Crippen LogP contribution in [0.3, 0.4) is 0 Å². The Morgan fingerprint density at radius 1 is 1.05 bits per heavy atom. The van der Waals surface area contributed by atoms with Gasteiger partial charge in [0, 0.05) is 25.8 Å². The molecule has 1 aliphatic rings. The number of rotatable bonds is 8. The van der Waals surface area contributed by atoms with E-state index < -0.39 is 18.3 Å². The number of β-amino-alcohol motifs (C(OH)–C–C–N with tert-alkyl or cyclic N) is 1. The lowest BCUT2D eigenvalue weighted by Crippen LogP contribution is -2.60. The van der Waals surface area contributed by atoms with Crippen LogP contribution in [0.5, 0.6) is 0 Å². The van der Waals surface area contributed by atoms with Crippen LogP contribution in [0.4, 0.5) is 0 Å². The van der Waals surface area contributed by atoms with Crippen molar-refractivity contribution in [3.05, 3.63) is 0 Å². The molecular formula is C14H29NO4. The topological polar surface area (TPSA) is 73.2 Å². The normalized spacial score (nSPS) is 32.7. The van der Waals surface area contributed by atoms with Crippen molar-refractivity contribution in [3.8, 4) is 0 Å². The Balaban J connectivity index is 2.15. The zero-order chi connectivity index (χ0) is 14.3. The summed E-state index contributed by atoms with van der Waals surface area (Å²) in [7, 11) is 0. The summed E-state index contributed by atoms with van der Waals surface area (Å²) in [4.78, 5) is 2.06. The number of aliphatic hydroxyl groups is 3. The van der Waals surface area contributed by atoms with Gasteiger partial charge in [-0.15, -0.1) is 0 Å². The number of piperidine rings is 1. The maximum Gasteiger partial charge on any atom is 0.108 e. The molecule has 0 aromatic heterocycles. The molecule has 0 amide bonds. The zero-order valence-corrected chi connectivity index (χ0v) is 12.2. The molecule has 5 heteroatoms. The molecule has 3 N–H and O–H groups in total. The van der Waals surface area contributed by atoms with E-state index in [1.165, 1.54) is 0 Å². The fourth-order valence-corrected chi connectivity index (χ4v) is 2.56. The van der Waals surface area contributed by atoms with Gasteiger partial charge in [0.15, 0.2) is 0 Å². The molecule has 4 unspecified atom stereocenters. The summed E-state index contributed by atoms with van der Waals surface area (Å²) in [5.74, 6) is 0. The molecule has 0 aromatic carbocycles. The lowest BCUT2D eigenvalue weighted by atomic mass is 9.94. The summed E-state index contributed by atoms with van der Waals surface area (Å²) in [6.45, 7) is 6.82. The van der Waals surface area contributed by atoms with Crippen LogP contribution in [0.15, 0.2) is 0 Å². The third-order valence-electron chi connectivity index (χ3n) is 3.92. The van der Waals surface area contributed by atoms with Gasteiger partial charge in [0.05, 0.1) is 12.2 Å². The second-order valence-electron chi connectivity index (χ2n) is 5.40. The fourth-order valence-electron chi connectivity index (χ4n) is 2.56. The molecule has 0 aliphatic carbocycles. The molecule has 0 bridgehead atoms. The standard InChI is InChI=1S/C14H29NO4/c1-3-19-9-7-5-4-6-8-15-10-12(16)14(18)13(17)11(15)2/h11-14,16-18H,3-10H2,1-2H3. The second-order valence-corrected chi connectivity index (χ2v) is 5.40. The number of unbranched alkanes of at least 4 members (excludes halogenated alkanes) is 3. The molecule has 1 aliphatic heterocycles. The van der Waals surface area contributed by atoms with Crippen molar-refractivity contribution in [3.63, 3.8) is 0 Å². The summed E-state index contributed by atoms with van der Waals surface area (Å²) < 4.78 is 5.28. The Kier molecular flexibility index (Phi) is 7.87. The molecule has 1 heterocycles. The smallest absolute Gasteiger partial charge is 0.108 e. The summed E-state index contributed by atoms with van der Waals surface area (Å²) in [5.41, 5.74) is 0. The van der Waals surface area contributed by atoms with Crippen LogP contribution in [0.2, 0.25) is 0 Å². The Morgan fingerprint density at radius 3 is 2.42 bits per heavy atom. The third kappa shape index (κ3) is 5.36. The first-order valence-corrected chi connectivity index (χ1v) is 7.44. The molecule has 0 aromatic rings. The number of likely N-dealkylation sites (tertiary alicyclic amines) is 1. The molecule has 19 heavy (non-hydrogen) atoms. The predicted octanol–water partition coefficient (Wildman–Crippen LogP) is 0.370. The lowest BCUT2D eigenvalue weighted by molar-refractivity contribution is -0.133. The predicted molar refractivity (Wildman–Crippen MR) is 74.0 cm³/mol. The molecule has 5 nitrogen and oxygen atoms in total. The van der Waals surface area contributed by atoms with Crippen molar-refractivity contribution in [1.82, 2.24) is 4.90 Å². The molecular weight excluding hydrogens is 246 g/mol. The highest BCUT2D eigenvalue weighted by molar-refractivity contribution is 4.91. The fraction of sp³-hybridized carbons (Fsp3) is 1.00. The van der Waals surface area contributed by atoms with Crippen LogP contribution in [0.25, 0.3) is 0 Å². The molecule has 0 radical (unpaired) electrons. The molecule has 0 spiro atoms. The van der Waals surface area contributed by atoms with Crippen LogP contribution in [-0.2, 0) is 4.74 Å². The highest BCUT2D eigenvalue weighted by atomic mass is 16.5. The number of hydrogen-bond acceptors (Lipinski definition) is 5. The quantitative estimate of drug-likeness (QED) is 0.558. The second kappa shape index (κ2) is 8.87. The SMILES string of the molecule is CCOCCCCCCN1CC(O)C(O)C(O)C1C. The number of nitrogens with zero attached hydrogens (tertiary/aromatic N) is 1. The highest BCUT2D eigenvalue weighted by Gasteiger charge is 2.38. The molecule has 1 saturated heterocycles. The van der Waals surface area contributed by atoms with Crippen LogP contribution in [0.1, 0.15) is 39.5 Å². The van der Waals surface area contributed by atoms with Crippen molar-refractivity contribution < 1.29 is 20.1 Å². The van der Waals surface area contributed by atoms with Gasteiger partial charge in [0.2, 0.25) is 0 Å². The third-order valence-corrected chi connectivity index (χ3v) is 3.92. The summed E-state index contributed by atoms with van der Waals surface area (Å²) >= 11 is 0. The van der Waals surface area contributed by atoms with Gasteiger partial charge in [-0.2, -0.15) is 0 Å². The van der Waals surface area contributed by atoms with Gasteiger partial charge in [-0.25, -0.2) is 0 Å². The monoisotopic (exact) mass is 275 g/mol. The van der Waals surface area contributed by atoms with Gasteiger partial charge in [-0.1, -0.05) is 12.8 Å². The molecule has 4 atom stereocenters. The molecule has 1 rings (SSSR count). The van der Waals surface area contributed by atoms with E-state index in [0.29, 0.717) is 6.54 Å². The summed E-state index contributed by atoms with van der Waals surface area (Å²) in [5, 5.41) is 29.1. The van der Waals surface area contributed by atoms with Crippen LogP contribution in [-0.4, -0.2) is 70.9 Å². The first-order valence-electron chi connectivity index (χ1n) is 7.44. The average Bonchev–Trinajstić information content (AvgIpc) is 2.41. The number of aliphatic hydroxyl groups excluding tert-OH is 3. The number of hydrogen-bond donors (Lipinski definition) is 3. The Hall–Kier alpha value is -0.200. The van der Waals surface area contributed by atoms with Gasteiger partial charge in [0.1, 0.15) is 6.10 Å². The first kappa shape index (κ1) is 16.9. The van der Waals surface area contributed by atoms with Gasteiger partial charge in [-0.05, 0) is 33.2 Å². The minimum Gasteiger partial charge on any atom is -0.389 e. The van der Waals surface area contributed by atoms with Crippen molar-refractivity contribution >= 4 is 0 Å². The highest BCUT2D eigenvalue weighted by Crippen LogP contribution is 2.19. The molecule has 0 saturated carbocycles. The molecule has 114 valence electrons. The Labute approximate surface area is 116 Å². The Bertz CT molecular complexity index is 239. The van der Waals surface area contributed by atoms with Gasteiger partial charge < -0.3 is 20.1 Å². The van der Waals surface area contributed by atoms with Gasteiger partial charge in [0.25, 0.3) is 0 Å². The van der Waals surface area contributed by atoms with Crippen molar-refractivity contribution in [2.45, 2.75) is 63.9 Å². The van der Waals surface area contributed by atoms with Gasteiger partial charge >= 0.3 is 0 Å². The minimum absolute atomic E-state index is 0.0955. The van der Waals surface area contributed by atoms with E-state index >= 15 is 0 Å². The van der Waals surface area contributed by atoms with Crippen molar-refractivity contribution in [2.75, 3.05) is 26.3 Å². The lowest BCUT2D eigenvalue weighted by Gasteiger charge is -2.42. The average molecular weight is 275 g/mol. The van der Waals surface area contributed by atoms with E-state index in [4.69, 9.17) is 4.74 Å². The van der Waals surface area contributed by atoms with Crippen LogP contribution in [0, 0.1) is 0 Å². The molecule has 1 fully saturated rings. The summed E-state index contributed by atoms with van der Waals surface area (Å²) in [6, 6.07) is -0.0955. The first-order chi connectivity index (χ1) is 9.07. The van der Waals surface area contributed by atoms with Gasteiger partial charge in [-0.3, -0.25) is 4.90 Å². The van der Waals surface area contributed by atoms with E-state index in [-0.39, 0.29) is 6.04 Å². The maximum atomic E-state index is 9.82. The number of ether oxygens (including phenoxy) is 1. The van der Waals surface area contributed by atoms with E-state index in [9.17, 15) is 15.3 Å². The van der Waals surface area contributed by atoms with Crippen LogP contribution >= 0.6 is 0 Å². The van der Waals surface area contributed by atoms with Crippen LogP contribution < -0.4 is 0 Å². The van der Waals surface area contributed by atoms with Crippen molar-refractivity contribution in [1.29, 1.82) is 0 Å². The minimum atomic E-state index is -1.02. The van der Waals surface area contributed by atoms with E-state index in [1.54, 1.807) is 0 Å². The Morgan fingerprint density at radius 2 is 1.74 bits per heavy atom. The van der Waals surface area contributed by atoms with E-state index in [0.717, 1.165) is 45.4 Å². The zero-order valence-electron chi connectivity index (χ0n) is 12.2. The summed E-state index contributed by atoms with van der Waals surface area (Å²) in [6.07, 6.45) is 1.70. The maximum absolute atomic E-state index is 9.82. The van der Waals surface area contributed by atoms with E-state index in [2.05, 4.69) is 4.90 Å². The van der Waals surface area contributed by atoms with Crippen molar-refractivity contribution in [2.24, 2.45) is 0 Å².